The van der Waals surface area contributed by atoms with E-state index < -0.39 is 0 Å². The highest BCUT2D eigenvalue weighted by Gasteiger charge is 2.21. The summed E-state index contributed by atoms with van der Waals surface area (Å²) in [5, 5.41) is 8.92. The van der Waals surface area contributed by atoms with E-state index in [1.807, 2.05) is 6.92 Å². The van der Waals surface area contributed by atoms with E-state index in [9.17, 15) is 4.79 Å². The van der Waals surface area contributed by atoms with Gasteiger partial charge in [-0.3, -0.25) is 4.79 Å². The minimum Gasteiger partial charge on any atom is -0.292 e. The van der Waals surface area contributed by atoms with Gasteiger partial charge >= 0.3 is 0 Å². The third-order valence-electron chi connectivity index (χ3n) is 2.47. The largest absolute Gasteiger partial charge is 0.292 e. The van der Waals surface area contributed by atoms with Crippen molar-refractivity contribution in [3.8, 4) is 6.07 Å². The number of pyridine rings is 1. The van der Waals surface area contributed by atoms with Crippen LogP contribution in [0.5, 0.6) is 0 Å². The molecule has 0 saturated carbocycles. The Hall–Kier alpha value is -1.69. The van der Waals surface area contributed by atoms with E-state index in [0.717, 1.165) is 24.1 Å². The molecular weight excluding hydrogens is 176 g/mol. The summed E-state index contributed by atoms with van der Waals surface area (Å²) in [6, 6.07) is 3.87. The van der Waals surface area contributed by atoms with Crippen LogP contribution in [-0.4, -0.2) is 10.8 Å². The molecule has 1 heterocycles. The van der Waals surface area contributed by atoms with E-state index in [4.69, 9.17) is 5.26 Å². The van der Waals surface area contributed by atoms with Crippen LogP contribution in [0.1, 0.15) is 40.2 Å². The SMILES string of the molecule is Cc1cc(C#N)c2c(n1)C(=O)CCC2. The Morgan fingerprint density at radius 2 is 2.29 bits per heavy atom. The van der Waals surface area contributed by atoms with Gasteiger partial charge in [0.15, 0.2) is 5.78 Å². The maximum atomic E-state index is 11.5. The first-order valence-corrected chi connectivity index (χ1v) is 4.66. The van der Waals surface area contributed by atoms with Gasteiger partial charge < -0.3 is 0 Å². The molecule has 0 radical (unpaired) electrons. The van der Waals surface area contributed by atoms with Crippen LogP contribution in [0.2, 0.25) is 0 Å². The van der Waals surface area contributed by atoms with Gasteiger partial charge in [-0.15, -0.1) is 0 Å². The molecule has 0 bridgehead atoms. The van der Waals surface area contributed by atoms with E-state index in [1.165, 1.54) is 0 Å². The summed E-state index contributed by atoms with van der Waals surface area (Å²) >= 11 is 0. The van der Waals surface area contributed by atoms with Crippen molar-refractivity contribution in [2.75, 3.05) is 0 Å². The summed E-state index contributed by atoms with van der Waals surface area (Å²) in [7, 11) is 0. The lowest BCUT2D eigenvalue weighted by Crippen LogP contribution is -2.15. The maximum Gasteiger partial charge on any atom is 0.181 e. The summed E-state index contributed by atoms with van der Waals surface area (Å²) < 4.78 is 0. The summed E-state index contributed by atoms with van der Waals surface area (Å²) in [4.78, 5) is 15.7. The number of carbonyl (C=O) groups is 1. The topological polar surface area (TPSA) is 53.8 Å². The smallest absolute Gasteiger partial charge is 0.181 e. The fraction of sp³-hybridized carbons (Fsp3) is 0.364. The number of aromatic nitrogens is 1. The number of carbonyl (C=O) groups excluding carboxylic acids is 1. The van der Waals surface area contributed by atoms with Gasteiger partial charge in [-0.05, 0) is 31.4 Å². The fourth-order valence-electron chi connectivity index (χ4n) is 1.83. The molecule has 70 valence electrons. The lowest BCUT2D eigenvalue weighted by atomic mass is 9.91. The number of hydrogen-bond acceptors (Lipinski definition) is 3. The lowest BCUT2D eigenvalue weighted by molar-refractivity contribution is 0.0967. The Balaban J connectivity index is 2.68. The second kappa shape index (κ2) is 3.22. The molecule has 3 nitrogen and oxygen atoms in total. The van der Waals surface area contributed by atoms with E-state index in [1.54, 1.807) is 6.07 Å². The van der Waals surface area contributed by atoms with Crippen LogP contribution in [-0.2, 0) is 6.42 Å². The molecule has 0 fully saturated rings. The lowest BCUT2D eigenvalue weighted by Gasteiger charge is -2.15. The molecule has 0 N–H and O–H groups in total. The van der Waals surface area contributed by atoms with Gasteiger partial charge in [0, 0.05) is 12.1 Å². The Kier molecular flexibility index (Phi) is 2.05. The van der Waals surface area contributed by atoms with Crippen LogP contribution in [0.3, 0.4) is 0 Å². The Morgan fingerprint density at radius 1 is 1.50 bits per heavy atom. The van der Waals surface area contributed by atoms with Crippen LogP contribution in [0.15, 0.2) is 6.07 Å². The summed E-state index contributed by atoms with van der Waals surface area (Å²) in [6.07, 6.45) is 2.21. The second-order valence-electron chi connectivity index (χ2n) is 3.53. The molecule has 0 atom stereocenters. The Morgan fingerprint density at radius 3 is 3.00 bits per heavy atom. The zero-order valence-electron chi connectivity index (χ0n) is 8.00. The zero-order valence-corrected chi connectivity index (χ0v) is 8.00. The van der Waals surface area contributed by atoms with E-state index in [0.29, 0.717) is 17.7 Å². The molecule has 1 aliphatic rings. The van der Waals surface area contributed by atoms with Gasteiger partial charge in [0.1, 0.15) is 5.69 Å². The number of Topliss-reactive ketones (excluding diaryl/α,β-unsaturated/α-hetero) is 1. The minimum absolute atomic E-state index is 0.0754. The molecule has 0 aromatic carbocycles. The second-order valence-corrected chi connectivity index (χ2v) is 3.53. The maximum absolute atomic E-state index is 11.5. The summed E-state index contributed by atoms with van der Waals surface area (Å²) in [6.45, 7) is 1.81. The summed E-state index contributed by atoms with van der Waals surface area (Å²) in [5.41, 5.74) is 2.72. The molecule has 1 aliphatic carbocycles. The first-order chi connectivity index (χ1) is 6.72. The number of hydrogen-bond donors (Lipinski definition) is 0. The molecule has 0 amide bonds. The van der Waals surface area contributed by atoms with Gasteiger partial charge in [0.25, 0.3) is 0 Å². The molecule has 0 spiro atoms. The van der Waals surface area contributed by atoms with Crippen LogP contribution in [0, 0.1) is 18.3 Å². The molecule has 0 saturated heterocycles. The molecule has 3 heteroatoms. The average molecular weight is 186 g/mol. The Labute approximate surface area is 82.4 Å². The zero-order chi connectivity index (χ0) is 10.1. The minimum atomic E-state index is 0.0754. The van der Waals surface area contributed by atoms with Crippen molar-refractivity contribution in [3.05, 3.63) is 28.6 Å². The predicted molar refractivity (Wildman–Crippen MR) is 51.0 cm³/mol. The third kappa shape index (κ3) is 1.29. The number of nitrogens with zero attached hydrogens (tertiary/aromatic N) is 2. The molecule has 1 aromatic heterocycles. The molecule has 0 aliphatic heterocycles. The van der Waals surface area contributed by atoms with Crippen LogP contribution in [0.25, 0.3) is 0 Å². The highest BCUT2D eigenvalue weighted by Crippen LogP contribution is 2.23. The predicted octanol–water partition coefficient (Wildman–Crippen LogP) is 1.78. The number of nitriles is 1. The van der Waals surface area contributed by atoms with Crippen molar-refractivity contribution in [2.24, 2.45) is 0 Å². The van der Waals surface area contributed by atoms with E-state index >= 15 is 0 Å². The Bertz CT molecular complexity index is 443. The number of ketones is 1. The monoisotopic (exact) mass is 186 g/mol. The first-order valence-electron chi connectivity index (χ1n) is 4.66. The van der Waals surface area contributed by atoms with E-state index in [2.05, 4.69) is 11.1 Å². The van der Waals surface area contributed by atoms with Gasteiger partial charge in [-0.1, -0.05) is 0 Å². The molecule has 0 unspecified atom stereocenters. The number of aryl methyl sites for hydroxylation is 1. The van der Waals surface area contributed by atoms with Crippen molar-refractivity contribution in [1.29, 1.82) is 5.26 Å². The third-order valence-corrected chi connectivity index (χ3v) is 2.47. The van der Waals surface area contributed by atoms with Gasteiger partial charge in [0.05, 0.1) is 11.6 Å². The average Bonchev–Trinajstić information content (AvgIpc) is 2.18. The highest BCUT2D eigenvalue weighted by atomic mass is 16.1. The van der Waals surface area contributed by atoms with Crippen molar-refractivity contribution >= 4 is 5.78 Å². The van der Waals surface area contributed by atoms with Crippen molar-refractivity contribution in [1.82, 2.24) is 4.98 Å². The van der Waals surface area contributed by atoms with Gasteiger partial charge in [-0.25, -0.2) is 4.98 Å². The van der Waals surface area contributed by atoms with Crippen LogP contribution >= 0.6 is 0 Å². The quantitative estimate of drug-likeness (QED) is 0.620. The molecular formula is C11H10N2O. The van der Waals surface area contributed by atoms with Gasteiger partial charge in [0.2, 0.25) is 0 Å². The number of rotatable bonds is 0. The molecule has 2 rings (SSSR count). The fourth-order valence-corrected chi connectivity index (χ4v) is 1.83. The van der Waals surface area contributed by atoms with Crippen molar-refractivity contribution in [3.63, 3.8) is 0 Å². The normalized spacial score (nSPS) is 14.7. The number of fused-ring (bicyclic) bond motifs is 1. The molecule has 1 aromatic rings. The van der Waals surface area contributed by atoms with Crippen LogP contribution in [0.4, 0.5) is 0 Å². The molecule has 14 heavy (non-hydrogen) atoms. The van der Waals surface area contributed by atoms with E-state index in [-0.39, 0.29) is 5.78 Å². The summed E-state index contributed by atoms with van der Waals surface area (Å²) in [5.74, 6) is 0.0754. The van der Waals surface area contributed by atoms with Crippen molar-refractivity contribution < 1.29 is 4.79 Å². The standard InChI is InChI=1S/C11H10N2O/c1-7-5-8(6-12)9-3-2-4-10(14)11(9)13-7/h5H,2-4H2,1H3. The highest BCUT2D eigenvalue weighted by molar-refractivity contribution is 5.97. The first kappa shape index (κ1) is 8.89. The van der Waals surface area contributed by atoms with Crippen LogP contribution < -0.4 is 0 Å². The van der Waals surface area contributed by atoms with Gasteiger partial charge in [-0.2, -0.15) is 5.26 Å². The van der Waals surface area contributed by atoms with Crippen molar-refractivity contribution in [2.45, 2.75) is 26.2 Å².